The van der Waals surface area contributed by atoms with Crippen molar-refractivity contribution in [2.45, 2.75) is 84.3 Å². The molecule has 0 aromatic rings. The maximum Gasteiger partial charge on any atom is 0.476 e. The van der Waals surface area contributed by atoms with E-state index in [9.17, 15) is 0 Å². The van der Waals surface area contributed by atoms with Crippen LogP contribution in [-0.4, -0.2) is 95.4 Å². The first-order valence-electron chi connectivity index (χ1n) is 13.1. The summed E-state index contributed by atoms with van der Waals surface area (Å²) in [5.41, 5.74) is -3.35. The summed E-state index contributed by atoms with van der Waals surface area (Å²) in [6, 6.07) is 0. The van der Waals surface area contributed by atoms with E-state index >= 15 is 4.57 Å². The summed E-state index contributed by atoms with van der Waals surface area (Å²) in [6.45, 7) is 0. The fourth-order valence-electron chi connectivity index (χ4n) is 4.39. The van der Waals surface area contributed by atoms with Crippen LogP contribution in [0.4, 0.5) is 0 Å². The fraction of sp³-hybridized carbons (Fsp3) is 1.00. The van der Waals surface area contributed by atoms with Gasteiger partial charge in [0.15, 0.2) is 0 Å². The lowest BCUT2D eigenvalue weighted by Crippen LogP contribution is -2.46. The molecule has 0 spiro atoms. The second-order valence-electron chi connectivity index (χ2n) is 10.4. The Morgan fingerprint density at radius 1 is 0.432 bits per heavy atom. The van der Waals surface area contributed by atoms with Crippen LogP contribution in [0.3, 0.4) is 0 Å². The number of phosphoric ester groups is 1. The molecule has 4 nitrogen and oxygen atoms in total. The highest BCUT2D eigenvalue weighted by Gasteiger charge is 2.53. The highest BCUT2D eigenvalue weighted by Crippen LogP contribution is 2.62. The minimum absolute atomic E-state index is 0.0333. The van der Waals surface area contributed by atoms with E-state index in [1.807, 2.05) is 0 Å². The van der Waals surface area contributed by atoms with Crippen molar-refractivity contribution in [3.8, 4) is 0 Å². The van der Waals surface area contributed by atoms with E-state index in [4.69, 9.17) is 48.4 Å². The summed E-state index contributed by atoms with van der Waals surface area (Å²) in [5, 5.41) is 3.75. The third-order valence-corrected chi connectivity index (χ3v) is 23.3. The summed E-state index contributed by atoms with van der Waals surface area (Å²) in [6.07, 6.45) is 2.53. The zero-order valence-electron chi connectivity index (χ0n) is 23.3. The van der Waals surface area contributed by atoms with Gasteiger partial charge in [0.2, 0.25) is 0 Å². The van der Waals surface area contributed by atoms with Crippen molar-refractivity contribution >= 4 is 234 Å². The molecule has 0 bridgehead atoms. The van der Waals surface area contributed by atoms with Gasteiger partial charge in [-0.2, -0.15) is 0 Å². The van der Waals surface area contributed by atoms with Crippen molar-refractivity contribution in [3.05, 3.63) is 0 Å². The molecule has 6 unspecified atom stereocenters. The van der Waals surface area contributed by atoms with E-state index < -0.39 is 24.6 Å². The second-order valence-corrected chi connectivity index (χ2v) is 24.3. The van der Waals surface area contributed by atoms with E-state index in [0.29, 0.717) is 70.5 Å². The van der Waals surface area contributed by atoms with Crippen molar-refractivity contribution in [2.75, 3.05) is 49.6 Å². The van der Waals surface area contributed by atoms with E-state index in [-0.39, 0.29) is 46.6 Å². The van der Waals surface area contributed by atoms with E-state index in [1.54, 1.807) is 0 Å². The zero-order valence-corrected chi connectivity index (χ0v) is 45.5. The molecule has 0 radical (unpaired) electrons. The van der Waals surface area contributed by atoms with E-state index in [0.717, 1.165) is 0 Å². The molecule has 0 aromatic heterocycles. The minimum Gasteiger partial charge on any atom is -0.279 e. The van der Waals surface area contributed by atoms with Gasteiger partial charge in [-0.25, -0.2) is 4.57 Å². The first kappa shape index (κ1) is 50.7. The summed E-state index contributed by atoms with van der Waals surface area (Å²) in [5.74, 6) is 0.0998. The van der Waals surface area contributed by atoms with E-state index in [1.165, 1.54) is 0 Å². The average Bonchev–Trinajstić information content (AvgIpc) is 2.99. The number of phosphoric acid groups is 1. The van der Waals surface area contributed by atoms with Crippen LogP contribution in [0.25, 0.3) is 0 Å². The Morgan fingerprint density at radius 3 is 0.705 bits per heavy atom. The molecule has 6 atom stereocenters. The lowest BCUT2D eigenvalue weighted by atomic mass is 9.95. The molecule has 0 N–H and O–H groups in total. The topological polar surface area (TPSA) is 44.8 Å². The first-order chi connectivity index (χ1) is 20.5. The van der Waals surface area contributed by atoms with Crippen LogP contribution >= 0.6 is 234 Å². The molecule has 0 aliphatic carbocycles. The monoisotopic (exact) mass is 1470 g/mol. The SMILES string of the molecule is O=P(OC(CCl)(CC(Br)CBr)CC(Br)CBr)(OC(CCl)(CC(Br)CBr)CC(Br)CBr)OC(CCl)(CC(Br)CBr)CC(Br)CBr. The molecule has 0 aliphatic heterocycles. The lowest BCUT2D eigenvalue weighted by molar-refractivity contribution is -0.0621. The highest BCUT2D eigenvalue weighted by atomic mass is 79.9. The van der Waals surface area contributed by atoms with Crippen LogP contribution in [0, 0.1) is 0 Å². The molecule has 20 heteroatoms. The lowest BCUT2D eigenvalue weighted by Gasteiger charge is -2.44. The molecule has 0 saturated carbocycles. The van der Waals surface area contributed by atoms with Gasteiger partial charge in [-0.05, 0) is 38.5 Å². The fourth-order valence-corrected chi connectivity index (χ4v) is 12.5. The van der Waals surface area contributed by atoms with Gasteiger partial charge in [-0.15, -0.1) is 34.8 Å². The van der Waals surface area contributed by atoms with Gasteiger partial charge in [0, 0.05) is 60.9 Å². The zero-order chi connectivity index (χ0) is 34.2. The normalized spacial score (nSPS) is 22.1. The second kappa shape index (κ2) is 26.5. The van der Waals surface area contributed by atoms with Crippen LogP contribution in [-0.2, 0) is 18.1 Å². The Bertz CT molecular complexity index is 695. The molecule has 266 valence electrons. The van der Waals surface area contributed by atoms with Gasteiger partial charge in [0.25, 0.3) is 0 Å². The number of hydrogen-bond donors (Lipinski definition) is 0. The molecule has 0 amide bonds. The highest BCUT2D eigenvalue weighted by molar-refractivity contribution is 9.13. The summed E-state index contributed by atoms with van der Waals surface area (Å²) in [7, 11) is -4.50. The summed E-state index contributed by atoms with van der Waals surface area (Å²) >= 11 is 63.8. The third-order valence-electron chi connectivity index (χ3n) is 6.21. The van der Waals surface area contributed by atoms with Crippen molar-refractivity contribution in [1.82, 2.24) is 0 Å². The predicted molar refractivity (Wildman–Crippen MR) is 238 cm³/mol. The Morgan fingerprint density at radius 2 is 0.591 bits per heavy atom. The smallest absolute Gasteiger partial charge is 0.279 e. The Balaban J connectivity index is 7.45. The number of rotatable bonds is 27. The largest absolute Gasteiger partial charge is 0.476 e. The van der Waals surface area contributed by atoms with Crippen LogP contribution in [0.1, 0.15) is 38.5 Å². The molecule has 0 aliphatic rings. The van der Waals surface area contributed by atoms with Crippen molar-refractivity contribution in [2.24, 2.45) is 0 Å². The molecule has 0 heterocycles. The van der Waals surface area contributed by atoms with Gasteiger partial charge in [0.1, 0.15) is 0 Å². The van der Waals surface area contributed by atoms with Crippen molar-refractivity contribution in [3.63, 3.8) is 0 Å². The molecule has 0 aromatic carbocycles. The van der Waals surface area contributed by atoms with Gasteiger partial charge < -0.3 is 0 Å². The van der Waals surface area contributed by atoms with E-state index in [2.05, 4.69) is 191 Å². The number of hydrogen-bond acceptors (Lipinski definition) is 4. The van der Waals surface area contributed by atoms with Gasteiger partial charge in [-0.3, -0.25) is 13.6 Å². The molecule has 0 fully saturated rings. The van der Waals surface area contributed by atoms with Crippen molar-refractivity contribution < 1.29 is 18.1 Å². The van der Waals surface area contributed by atoms with Crippen LogP contribution in [0.15, 0.2) is 0 Å². The predicted octanol–water partition coefficient (Wildman–Crippen LogP) is 14.4. The maximum atomic E-state index is 15.6. The Kier molecular flexibility index (Phi) is 30.6. The average molecular weight is 1480 g/mol. The standard InChI is InChI=1S/C24H36Br12Cl3O4P/c25-7-16(31)1-22(13-37,2-17(32)8-26)41-44(40,42-23(14-38,3-18(33)9-27)4-19(34)10-28)43-24(15-39,5-20(35)11-29)6-21(36)12-30/h16-21H,1-15H2. The molecular formula is C24H36Br12Cl3O4P. The first-order valence-corrected chi connectivity index (χ1v) is 28.4. The Labute approximate surface area is 379 Å². The molecule has 0 rings (SSSR count). The molecule has 44 heavy (non-hydrogen) atoms. The van der Waals surface area contributed by atoms with Gasteiger partial charge >= 0.3 is 7.82 Å². The van der Waals surface area contributed by atoms with Crippen molar-refractivity contribution in [1.29, 1.82) is 0 Å². The quantitative estimate of drug-likeness (QED) is 0.0607. The third kappa shape index (κ3) is 19.4. The number of alkyl halides is 15. The number of halogens is 15. The Hall–Kier alpha value is 6.74. The van der Waals surface area contributed by atoms with Crippen LogP contribution < -0.4 is 0 Å². The van der Waals surface area contributed by atoms with Gasteiger partial charge in [0.05, 0.1) is 34.4 Å². The minimum atomic E-state index is -4.50. The summed E-state index contributed by atoms with van der Waals surface area (Å²) in [4.78, 5) is -0.241. The molecule has 0 saturated heterocycles. The van der Waals surface area contributed by atoms with Gasteiger partial charge in [-0.1, -0.05) is 191 Å². The molecular weight excluding hydrogens is 1450 g/mol. The van der Waals surface area contributed by atoms with Crippen LogP contribution in [0.5, 0.6) is 0 Å². The van der Waals surface area contributed by atoms with Crippen LogP contribution in [0.2, 0.25) is 0 Å². The summed E-state index contributed by atoms with van der Waals surface area (Å²) < 4.78 is 35.8. The maximum absolute atomic E-state index is 15.6.